The third-order valence-corrected chi connectivity index (χ3v) is 5.70. The van der Waals surface area contributed by atoms with E-state index >= 15 is 4.39 Å². The Labute approximate surface area is 212 Å². The van der Waals surface area contributed by atoms with Gasteiger partial charge < -0.3 is 16.0 Å². The van der Waals surface area contributed by atoms with Gasteiger partial charge in [0.2, 0.25) is 0 Å². The minimum Gasteiger partial charge on any atom is -0.353 e. The Morgan fingerprint density at radius 1 is 1.03 bits per heavy atom. The zero-order chi connectivity index (χ0) is 23.9. The van der Waals surface area contributed by atoms with Crippen LogP contribution in [-0.2, 0) is 7.05 Å². The van der Waals surface area contributed by atoms with E-state index in [1.807, 2.05) is 4.90 Å². The number of anilines is 2. The van der Waals surface area contributed by atoms with Crippen LogP contribution in [0.15, 0.2) is 36.5 Å². The molecule has 1 amide bonds. The normalized spacial score (nSPS) is 17.4. The van der Waals surface area contributed by atoms with E-state index in [2.05, 4.69) is 17.3 Å². The number of carbonyl (C=O) groups excluding carboxylic acids is 1. The number of carbonyl (C=O) groups is 1. The molecule has 2 heterocycles. The van der Waals surface area contributed by atoms with Gasteiger partial charge >= 0.3 is 0 Å². The lowest BCUT2D eigenvalue weighted by atomic mass is 9.96. The molecule has 0 spiro atoms. The van der Waals surface area contributed by atoms with Crippen LogP contribution in [0.5, 0.6) is 0 Å². The van der Waals surface area contributed by atoms with Crippen LogP contribution >= 0.6 is 24.8 Å². The average molecular weight is 534 g/mol. The van der Waals surface area contributed by atoms with E-state index in [0.717, 1.165) is 36.8 Å². The first-order valence-electron chi connectivity index (χ1n) is 10.4. The number of hydrogen-bond acceptors (Lipinski definition) is 4. The molecule has 12 heteroatoms. The molecule has 1 fully saturated rings. The second-order valence-corrected chi connectivity index (χ2v) is 8.35. The summed E-state index contributed by atoms with van der Waals surface area (Å²) in [6.07, 6.45) is 2.28. The molecule has 6 nitrogen and oxygen atoms in total. The van der Waals surface area contributed by atoms with Crippen LogP contribution in [0.25, 0.3) is 11.1 Å². The summed E-state index contributed by atoms with van der Waals surface area (Å²) in [5.41, 5.74) is 4.07. The van der Waals surface area contributed by atoms with Crippen molar-refractivity contribution in [3.8, 4) is 11.1 Å². The first-order chi connectivity index (χ1) is 15.7. The third-order valence-electron chi connectivity index (χ3n) is 5.70. The van der Waals surface area contributed by atoms with E-state index in [0.29, 0.717) is 30.5 Å². The van der Waals surface area contributed by atoms with Gasteiger partial charge in [-0.15, -0.1) is 24.8 Å². The number of aryl methyl sites for hydroxylation is 1. The lowest BCUT2D eigenvalue weighted by Gasteiger charge is -2.36. The first-order valence-corrected chi connectivity index (χ1v) is 10.4. The van der Waals surface area contributed by atoms with Crippen LogP contribution in [0.1, 0.15) is 23.7 Å². The second-order valence-electron chi connectivity index (χ2n) is 8.35. The summed E-state index contributed by atoms with van der Waals surface area (Å²) in [5, 5.41) is 6.77. The van der Waals surface area contributed by atoms with Gasteiger partial charge in [-0.1, -0.05) is 13.0 Å². The maximum atomic E-state index is 15.2. The van der Waals surface area contributed by atoms with Gasteiger partial charge in [-0.25, -0.2) is 17.6 Å². The van der Waals surface area contributed by atoms with Crippen LogP contribution in [0.3, 0.4) is 0 Å². The molecule has 2 atom stereocenters. The van der Waals surface area contributed by atoms with Gasteiger partial charge in [-0.2, -0.15) is 5.10 Å². The summed E-state index contributed by atoms with van der Waals surface area (Å²) in [6, 6.07) is 4.52. The Morgan fingerprint density at radius 3 is 2.29 bits per heavy atom. The van der Waals surface area contributed by atoms with Gasteiger partial charge in [0.25, 0.3) is 5.91 Å². The van der Waals surface area contributed by atoms with Crippen molar-refractivity contribution in [2.75, 3.05) is 23.3 Å². The van der Waals surface area contributed by atoms with Crippen molar-refractivity contribution >= 4 is 42.2 Å². The van der Waals surface area contributed by atoms with E-state index in [9.17, 15) is 18.0 Å². The standard InChI is InChI=1S/C23H23F4N5O.2ClH/c1-12-8-13(28)11-32(10-12)23-18(9-29-31(23)2)30-22(33)14-6-7-17(26)20(21(14)27)19-15(24)4-3-5-16(19)25;;/h3-7,9,12-13H,8,10-11,28H2,1-2H3,(H,30,33);2*1H/t12-,13+;;/m1../s1. The Balaban J connectivity index is 0.00000216. The van der Waals surface area contributed by atoms with Crippen molar-refractivity contribution < 1.29 is 22.4 Å². The molecule has 1 saturated heterocycles. The van der Waals surface area contributed by atoms with E-state index < -0.39 is 45.9 Å². The number of halogens is 6. The van der Waals surface area contributed by atoms with Gasteiger partial charge in [0.15, 0.2) is 5.82 Å². The van der Waals surface area contributed by atoms with Crippen molar-refractivity contribution in [3.05, 3.63) is 65.4 Å². The molecular weight excluding hydrogens is 509 g/mol. The quantitative estimate of drug-likeness (QED) is 0.467. The Kier molecular flexibility index (Phi) is 9.16. The zero-order valence-electron chi connectivity index (χ0n) is 18.9. The number of nitrogens with one attached hydrogen (secondary N) is 1. The minimum absolute atomic E-state index is 0. The number of nitrogens with zero attached hydrogens (tertiary/aromatic N) is 3. The molecular formula is C23H25Cl2F4N5O. The third kappa shape index (κ3) is 5.55. The highest BCUT2D eigenvalue weighted by Gasteiger charge is 2.28. The monoisotopic (exact) mass is 533 g/mol. The van der Waals surface area contributed by atoms with E-state index in [1.165, 1.54) is 6.20 Å². The Bertz CT molecular complexity index is 1190. The molecule has 4 rings (SSSR count). The number of piperidine rings is 1. The summed E-state index contributed by atoms with van der Waals surface area (Å²) in [4.78, 5) is 14.9. The first kappa shape index (κ1) is 28.4. The van der Waals surface area contributed by atoms with Crippen LogP contribution in [0.4, 0.5) is 29.1 Å². The highest BCUT2D eigenvalue weighted by Crippen LogP contribution is 2.34. The smallest absolute Gasteiger partial charge is 0.258 e. The molecule has 0 saturated carbocycles. The van der Waals surface area contributed by atoms with Gasteiger partial charge in [0.05, 0.1) is 22.9 Å². The fourth-order valence-electron chi connectivity index (χ4n) is 4.35. The number of hydrogen-bond donors (Lipinski definition) is 2. The van der Waals surface area contributed by atoms with E-state index in [4.69, 9.17) is 5.73 Å². The molecule has 3 aromatic rings. The lowest BCUT2D eigenvalue weighted by molar-refractivity contribution is 0.102. The summed E-state index contributed by atoms with van der Waals surface area (Å²) in [5.74, 6) is -4.84. The van der Waals surface area contributed by atoms with Gasteiger partial charge in [0.1, 0.15) is 29.0 Å². The van der Waals surface area contributed by atoms with E-state index in [1.54, 1.807) is 11.7 Å². The maximum Gasteiger partial charge on any atom is 0.258 e. The topological polar surface area (TPSA) is 76.2 Å². The molecule has 1 aliphatic rings. The fourth-order valence-corrected chi connectivity index (χ4v) is 4.35. The highest BCUT2D eigenvalue weighted by molar-refractivity contribution is 6.06. The summed E-state index contributed by atoms with van der Waals surface area (Å²) in [7, 11) is 1.70. The highest BCUT2D eigenvalue weighted by atomic mass is 35.5. The van der Waals surface area contributed by atoms with Crippen molar-refractivity contribution in [1.82, 2.24) is 9.78 Å². The summed E-state index contributed by atoms with van der Waals surface area (Å²) >= 11 is 0. The Hall–Kier alpha value is -2.82. The Morgan fingerprint density at radius 2 is 1.66 bits per heavy atom. The molecule has 1 aromatic heterocycles. The van der Waals surface area contributed by atoms with E-state index in [-0.39, 0.29) is 30.9 Å². The maximum absolute atomic E-state index is 15.2. The number of benzene rings is 2. The molecule has 0 bridgehead atoms. The summed E-state index contributed by atoms with van der Waals surface area (Å²) < 4.78 is 59.6. The largest absolute Gasteiger partial charge is 0.353 e. The van der Waals surface area contributed by atoms with Crippen LogP contribution < -0.4 is 16.0 Å². The molecule has 0 radical (unpaired) electrons. The second kappa shape index (κ2) is 11.3. The molecule has 1 aliphatic heterocycles. The van der Waals surface area contributed by atoms with Gasteiger partial charge in [-0.05, 0) is 36.6 Å². The van der Waals surface area contributed by atoms with Crippen molar-refractivity contribution in [2.24, 2.45) is 18.7 Å². The number of aromatic nitrogens is 2. The molecule has 2 aromatic carbocycles. The average Bonchev–Trinajstić information content (AvgIpc) is 3.09. The van der Waals surface area contributed by atoms with Gasteiger partial charge in [0, 0.05) is 26.2 Å². The predicted molar refractivity (Wildman–Crippen MR) is 131 cm³/mol. The van der Waals surface area contributed by atoms with Gasteiger partial charge in [-0.3, -0.25) is 9.48 Å². The van der Waals surface area contributed by atoms with Crippen LogP contribution in [-0.4, -0.2) is 34.8 Å². The number of rotatable bonds is 4. The molecule has 0 unspecified atom stereocenters. The van der Waals surface area contributed by atoms with Crippen molar-refractivity contribution in [1.29, 1.82) is 0 Å². The molecule has 35 heavy (non-hydrogen) atoms. The van der Waals surface area contributed by atoms with Crippen molar-refractivity contribution in [2.45, 2.75) is 19.4 Å². The van der Waals surface area contributed by atoms with Crippen LogP contribution in [0.2, 0.25) is 0 Å². The minimum atomic E-state index is -1.37. The lowest BCUT2D eigenvalue weighted by Crippen LogP contribution is -2.47. The molecule has 190 valence electrons. The number of nitrogens with two attached hydrogens (primary N) is 1. The van der Waals surface area contributed by atoms with Crippen molar-refractivity contribution in [3.63, 3.8) is 0 Å². The number of amides is 1. The zero-order valence-corrected chi connectivity index (χ0v) is 20.5. The molecule has 0 aliphatic carbocycles. The molecule has 3 N–H and O–H groups in total. The SMILES string of the molecule is C[C@@H]1C[C@H](N)CN(c2c(NC(=O)c3ccc(F)c(-c4c(F)cccc4F)c3F)cnn2C)C1.Cl.Cl. The summed E-state index contributed by atoms with van der Waals surface area (Å²) in [6.45, 7) is 3.31. The fraction of sp³-hybridized carbons (Fsp3) is 0.304. The predicted octanol–water partition coefficient (Wildman–Crippen LogP) is 4.91. The van der Waals surface area contributed by atoms with Crippen LogP contribution in [0, 0.1) is 29.2 Å².